The summed E-state index contributed by atoms with van der Waals surface area (Å²) >= 11 is 1.63. The smallest absolute Gasteiger partial charge is 0.261 e. The summed E-state index contributed by atoms with van der Waals surface area (Å²) in [5.41, 5.74) is 6.78. The second-order valence-corrected chi connectivity index (χ2v) is 6.23. The van der Waals surface area contributed by atoms with Crippen LogP contribution in [0.5, 0.6) is 5.75 Å². The molecular weight excluding hydrogens is 312 g/mol. The van der Waals surface area contributed by atoms with Crippen molar-refractivity contribution in [1.82, 2.24) is 4.90 Å². The summed E-state index contributed by atoms with van der Waals surface area (Å²) in [7, 11) is 0. The third-order valence-corrected chi connectivity index (χ3v) is 4.71. The fraction of sp³-hybridized carbons (Fsp3) is 0.294. The number of likely N-dealkylation sites (tertiary alicyclic amines) is 1. The molecule has 23 heavy (non-hydrogen) atoms. The molecule has 5 nitrogen and oxygen atoms in total. The van der Waals surface area contributed by atoms with Crippen molar-refractivity contribution in [2.24, 2.45) is 5.73 Å². The van der Waals surface area contributed by atoms with E-state index in [0.29, 0.717) is 5.75 Å². The van der Waals surface area contributed by atoms with E-state index in [2.05, 4.69) is 11.4 Å². The maximum Gasteiger partial charge on any atom is 0.261 e. The van der Waals surface area contributed by atoms with Crippen LogP contribution in [0.25, 0.3) is 0 Å². The number of carbonyl (C=O) groups excluding carboxylic acids is 2. The molecule has 1 aliphatic rings. The lowest BCUT2D eigenvalue weighted by molar-refractivity contribution is -0.134. The fourth-order valence-electron chi connectivity index (χ4n) is 2.89. The average molecular weight is 330 g/mol. The Balaban J connectivity index is 1.67. The zero-order chi connectivity index (χ0) is 16.2. The van der Waals surface area contributed by atoms with E-state index in [1.165, 1.54) is 5.56 Å². The predicted molar refractivity (Wildman–Crippen MR) is 88.5 cm³/mol. The van der Waals surface area contributed by atoms with Gasteiger partial charge in [-0.2, -0.15) is 11.3 Å². The highest BCUT2D eigenvalue weighted by molar-refractivity contribution is 7.07. The summed E-state index contributed by atoms with van der Waals surface area (Å²) in [6.45, 7) is 0.644. The van der Waals surface area contributed by atoms with Crippen LogP contribution in [0.15, 0.2) is 41.1 Å². The standard InChI is InChI=1S/C17H18N2O3S/c18-17(21)13-4-1-2-6-15(13)22-10-16(20)19-8-3-5-14(19)12-7-9-23-11-12/h1-2,4,6-7,9,11,14H,3,5,8,10H2,(H2,18,21). The highest BCUT2D eigenvalue weighted by Crippen LogP contribution is 2.33. The number of amides is 2. The van der Waals surface area contributed by atoms with E-state index in [0.717, 1.165) is 19.4 Å². The Morgan fingerprint density at radius 1 is 1.30 bits per heavy atom. The lowest BCUT2D eigenvalue weighted by Gasteiger charge is -2.24. The third kappa shape index (κ3) is 3.37. The van der Waals surface area contributed by atoms with Crippen LogP contribution in [0.3, 0.4) is 0 Å². The first-order chi connectivity index (χ1) is 11.2. The monoisotopic (exact) mass is 330 g/mol. The van der Waals surface area contributed by atoms with Crippen molar-refractivity contribution in [2.75, 3.05) is 13.2 Å². The quantitative estimate of drug-likeness (QED) is 0.916. The Bertz CT molecular complexity index is 700. The molecule has 0 bridgehead atoms. The first-order valence-electron chi connectivity index (χ1n) is 7.50. The Morgan fingerprint density at radius 3 is 2.87 bits per heavy atom. The van der Waals surface area contributed by atoms with Crippen LogP contribution < -0.4 is 10.5 Å². The van der Waals surface area contributed by atoms with Crippen molar-refractivity contribution in [2.45, 2.75) is 18.9 Å². The van der Waals surface area contributed by atoms with E-state index >= 15 is 0 Å². The number of hydrogen-bond donors (Lipinski definition) is 1. The molecule has 1 aromatic carbocycles. The maximum atomic E-state index is 12.5. The van der Waals surface area contributed by atoms with Gasteiger partial charge in [0.05, 0.1) is 11.6 Å². The zero-order valence-electron chi connectivity index (χ0n) is 12.6. The molecular formula is C17H18N2O3S. The molecule has 1 aromatic heterocycles. The molecule has 2 heterocycles. The molecule has 0 radical (unpaired) electrons. The second kappa shape index (κ2) is 6.83. The minimum Gasteiger partial charge on any atom is -0.483 e. The van der Waals surface area contributed by atoms with Gasteiger partial charge in [0.25, 0.3) is 11.8 Å². The average Bonchev–Trinajstić information content (AvgIpc) is 3.23. The Hall–Kier alpha value is -2.34. The minimum atomic E-state index is -0.564. The first-order valence-corrected chi connectivity index (χ1v) is 8.44. The Labute approximate surface area is 138 Å². The van der Waals surface area contributed by atoms with Gasteiger partial charge >= 0.3 is 0 Å². The second-order valence-electron chi connectivity index (χ2n) is 5.45. The molecule has 1 unspecified atom stereocenters. The van der Waals surface area contributed by atoms with Crippen LogP contribution in [-0.2, 0) is 4.79 Å². The third-order valence-electron chi connectivity index (χ3n) is 4.00. The summed E-state index contributed by atoms with van der Waals surface area (Å²) < 4.78 is 5.55. The number of primary amides is 1. The van der Waals surface area contributed by atoms with E-state index < -0.39 is 5.91 Å². The lowest BCUT2D eigenvalue weighted by Crippen LogP contribution is -2.34. The molecule has 1 fully saturated rings. The van der Waals surface area contributed by atoms with E-state index in [1.807, 2.05) is 10.3 Å². The van der Waals surface area contributed by atoms with Gasteiger partial charge in [-0.1, -0.05) is 12.1 Å². The molecule has 1 aliphatic heterocycles. The summed E-state index contributed by atoms with van der Waals surface area (Å²) in [4.78, 5) is 25.7. The predicted octanol–water partition coefficient (Wildman–Crippen LogP) is 2.59. The number of carbonyl (C=O) groups is 2. The highest BCUT2D eigenvalue weighted by atomic mass is 32.1. The van der Waals surface area contributed by atoms with Gasteiger partial charge in [0.15, 0.2) is 6.61 Å². The van der Waals surface area contributed by atoms with Crippen molar-refractivity contribution in [3.63, 3.8) is 0 Å². The largest absolute Gasteiger partial charge is 0.483 e. The molecule has 6 heteroatoms. The minimum absolute atomic E-state index is 0.0713. The Morgan fingerprint density at radius 2 is 2.13 bits per heavy atom. The van der Waals surface area contributed by atoms with Crippen LogP contribution in [0.4, 0.5) is 0 Å². The summed E-state index contributed by atoms with van der Waals surface area (Å²) in [5, 5.41) is 4.11. The molecule has 3 rings (SSSR count). The molecule has 120 valence electrons. The van der Waals surface area contributed by atoms with Crippen molar-refractivity contribution in [3.05, 3.63) is 52.2 Å². The number of rotatable bonds is 5. The lowest BCUT2D eigenvalue weighted by atomic mass is 10.1. The zero-order valence-corrected chi connectivity index (χ0v) is 13.4. The molecule has 0 spiro atoms. The van der Waals surface area contributed by atoms with E-state index in [1.54, 1.807) is 35.6 Å². The molecule has 0 saturated carbocycles. The topological polar surface area (TPSA) is 72.6 Å². The number of thiophene rings is 1. The van der Waals surface area contributed by atoms with Crippen LogP contribution >= 0.6 is 11.3 Å². The van der Waals surface area contributed by atoms with Crippen LogP contribution in [-0.4, -0.2) is 29.9 Å². The summed E-state index contributed by atoms with van der Waals surface area (Å²) in [6, 6.07) is 8.88. The first kappa shape index (κ1) is 15.6. The molecule has 0 aliphatic carbocycles. The molecule has 1 atom stereocenters. The number of benzene rings is 1. The molecule has 1 saturated heterocycles. The van der Waals surface area contributed by atoms with E-state index in [4.69, 9.17) is 10.5 Å². The van der Waals surface area contributed by atoms with Gasteiger partial charge < -0.3 is 15.4 Å². The number of hydrogen-bond acceptors (Lipinski definition) is 4. The normalized spacial score (nSPS) is 17.2. The number of ether oxygens (including phenoxy) is 1. The van der Waals surface area contributed by atoms with E-state index in [-0.39, 0.29) is 24.1 Å². The molecule has 2 amide bonds. The summed E-state index contributed by atoms with van der Waals surface area (Å²) in [6.07, 6.45) is 1.96. The van der Waals surface area contributed by atoms with Gasteiger partial charge in [-0.05, 0) is 47.4 Å². The van der Waals surface area contributed by atoms with Gasteiger partial charge in [-0.25, -0.2) is 0 Å². The van der Waals surface area contributed by atoms with Gasteiger partial charge in [0.2, 0.25) is 0 Å². The molecule has 2 N–H and O–H groups in total. The number of nitrogens with zero attached hydrogens (tertiary/aromatic N) is 1. The number of nitrogens with two attached hydrogens (primary N) is 1. The fourth-order valence-corrected chi connectivity index (χ4v) is 3.60. The molecule has 2 aromatic rings. The van der Waals surface area contributed by atoms with Crippen molar-refractivity contribution in [1.29, 1.82) is 0 Å². The van der Waals surface area contributed by atoms with Crippen molar-refractivity contribution < 1.29 is 14.3 Å². The number of para-hydroxylation sites is 1. The van der Waals surface area contributed by atoms with Crippen LogP contribution in [0, 0.1) is 0 Å². The maximum absolute atomic E-state index is 12.5. The summed E-state index contributed by atoms with van der Waals surface area (Å²) in [5.74, 6) is -0.289. The van der Waals surface area contributed by atoms with E-state index in [9.17, 15) is 9.59 Å². The Kier molecular flexibility index (Phi) is 4.62. The van der Waals surface area contributed by atoms with Crippen molar-refractivity contribution >= 4 is 23.2 Å². The van der Waals surface area contributed by atoms with Crippen LogP contribution in [0.2, 0.25) is 0 Å². The van der Waals surface area contributed by atoms with Gasteiger partial charge in [-0.3, -0.25) is 9.59 Å². The highest BCUT2D eigenvalue weighted by Gasteiger charge is 2.30. The van der Waals surface area contributed by atoms with Crippen molar-refractivity contribution in [3.8, 4) is 5.75 Å². The van der Waals surface area contributed by atoms with Crippen LogP contribution in [0.1, 0.15) is 34.8 Å². The van der Waals surface area contributed by atoms with Gasteiger partial charge in [-0.15, -0.1) is 0 Å². The van der Waals surface area contributed by atoms with Gasteiger partial charge in [0.1, 0.15) is 5.75 Å². The van der Waals surface area contributed by atoms with Gasteiger partial charge in [0, 0.05) is 6.54 Å². The SMILES string of the molecule is NC(=O)c1ccccc1OCC(=O)N1CCCC1c1ccsc1.